The van der Waals surface area contributed by atoms with Crippen LogP contribution >= 0.6 is 0 Å². The number of benzene rings is 2. The summed E-state index contributed by atoms with van der Waals surface area (Å²) >= 11 is 0. The Kier molecular flexibility index (Phi) is 11.5. The summed E-state index contributed by atoms with van der Waals surface area (Å²) in [5.74, 6) is 2.60. The number of piperidine rings is 1. The Hall–Kier alpha value is -4.58. The van der Waals surface area contributed by atoms with E-state index in [2.05, 4.69) is 24.1 Å². The van der Waals surface area contributed by atoms with Crippen molar-refractivity contribution in [3.8, 4) is 11.5 Å². The predicted octanol–water partition coefficient (Wildman–Crippen LogP) is 6.63. The maximum absolute atomic E-state index is 12.7. The van der Waals surface area contributed by atoms with Crippen LogP contribution in [0.2, 0.25) is 0 Å². The Morgan fingerprint density at radius 2 is 1.57 bits per heavy atom. The number of ether oxygens (including phenoxy) is 3. The molecule has 49 heavy (non-hydrogen) atoms. The van der Waals surface area contributed by atoms with Gasteiger partial charge in [0.05, 0.1) is 26.1 Å². The van der Waals surface area contributed by atoms with Crippen molar-refractivity contribution < 1.29 is 24.1 Å². The molecule has 0 bridgehead atoms. The van der Waals surface area contributed by atoms with Gasteiger partial charge in [0, 0.05) is 32.2 Å². The molecule has 0 saturated carbocycles. The van der Waals surface area contributed by atoms with Crippen LogP contribution in [0.1, 0.15) is 83.2 Å². The van der Waals surface area contributed by atoms with Crippen LogP contribution < -0.4 is 19.7 Å². The van der Waals surface area contributed by atoms with E-state index in [1.54, 1.807) is 29.8 Å². The lowest BCUT2D eigenvalue weighted by Crippen LogP contribution is -2.42. The molecule has 2 aromatic heterocycles. The fourth-order valence-corrected chi connectivity index (χ4v) is 6.16. The van der Waals surface area contributed by atoms with Gasteiger partial charge in [-0.3, -0.25) is 0 Å². The summed E-state index contributed by atoms with van der Waals surface area (Å²) in [7, 11) is 3.32. The molecular formula is C37H51N7O5. The molecule has 1 aliphatic rings. The molecule has 1 amide bonds. The van der Waals surface area contributed by atoms with Gasteiger partial charge in [-0.15, -0.1) is 5.10 Å². The number of rotatable bonds is 13. The van der Waals surface area contributed by atoms with Crippen molar-refractivity contribution in [3.05, 3.63) is 71.5 Å². The topological polar surface area (TPSA) is 127 Å². The number of likely N-dealkylation sites (tertiary alicyclic amines) is 1. The highest BCUT2D eigenvalue weighted by Crippen LogP contribution is 2.34. The van der Waals surface area contributed by atoms with Crippen molar-refractivity contribution in [1.82, 2.24) is 24.5 Å². The first-order valence-corrected chi connectivity index (χ1v) is 17.2. The van der Waals surface area contributed by atoms with E-state index in [-0.39, 0.29) is 18.1 Å². The molecule has 1 aliphatic heterocycles. The van der Waals surface area contributed by atoms with Gasteiger partial charge in [-0.05, 0) is 88.3 Å². The van der Waals surface area contributed by atoms with Crippen LogP contribution in [-0.4, -0.2) is 74.6 Å². The number of anilines is 2. The fourth-order valence-electron chi connectivity index (χ4n) is 6.16. The Bertz CT molecular complexity index is 1610. The standard InChI is InChI=1S/C37H51N7O5/c1-8-9-25(2)39-35-40-34(43(23-26-10-14-29(47-6)15-11-26)24-27-12-16-30(48-7)17-13-27)33-38-22-31(44(33)41-35)32(45)28-18-20-42(21-19-28)36(46)49-37(3,4)5/h10-17,22,25,28,32,45H,8-9,18-21,23-24H2,1-7H3,(H,39,41). The van der Waals surface area contributed by atoms with Crippen LogP contribution in [0.25, 0.3) is 5.65 Å². The van der Waals surface area contributed by atoms with Crippen molar-refractivity contribution in [1.29, 1.82) is 0 Å². The molecule has 2 N–H and O–H groups in total. The summed E-state index contributed by atoms with van der Waals surface area (Å²) < 4.78 is 18.1. The molecule has 264 valence electrons. The average molecular weight is 674 g/mol. The van der Waals surface area contributed by atoms with Crippen LogP contribution in [0, 0.1) is 5.92 Å². The third kappa shape index (κ3) is 9.11. The number of imidazole rings is 1. The maximum atomic E-state index is 12.7. The molecule has 1 saturated heterocycles. The minimum Gasteiger partial charge on any atom is -0.497 e. The number of aromatic nitrogens is 4. The first-order chi connectivity index (χ1) is 23.5. The molecule has 2 aromatic carbocycles. The number of carbonyl (C=O) groups is 1. The van der Waals surface area contributed by atoms with Gasteiger partial charge in [0.15, 0.2) is 11.5 Å². The highest BCUT2D eigenvalue weighted by atomic mass is 16.6. The molecule has 3 heterocycles. The van der Waals surface area contributed by atoms with Gasteiger partial charge in [-0.1, -0.05) is 37.6 Å². The third-order valence-electron chi connectivity index (χ3n) is 8.77. The summed E-state index contributed by atoms with van der Waals surface area (Å²) in [5.41, 5.74) is 2.73. The number of amides is 1. The molecule has 5 rings (SSSR count). The van der Waals surface area contributed by atoms with E-state index in [4.69, 9.17) is 29.3 Å². The van der Waals surface area contributed by atoms with Gasteiger partial charge < -0.3 is 34.4 Å². The summed E-state index contributed by atoms with van der Waals surface area (Å²) in [6.45, 7) is 12.0. The van der Waals surface area contributed by atoms with Crippen molar-refractivity contribution in [2.45, 2.75) is 91.1 Å². The molecule has 4 aromatic rings. The van der Waals surface area contributed by atoms with Crippen LogP contribution in [0.5, 0.6) is 11.5 Å². The summed E-state index contributed by atoms with van der Waals surface area (Å²) in [5, 5.41) is 20.2. The molecule has 0 radical (unpaired) electrons. The second kappa shape index (κ2) is 15.8. The van der Waals surface area contributed by atoms with Gasteiger partial charge >= 0.3 is 6.09 Å². The Labute approximate surface area is 289 Å². The second-order valence-corrected chi connectivity index (χ2v) is 13.8. The number of nitrogens with zero attached hydrogens (tertiary/aromatic N) is 6. The summed E-state index contributed by atoms with van der Waals surface area (Å²) in [6, 6.07) is 16.1. The number of hydrogen-bond acceptors (Lipinski definition) is 10. The normalized spacial score (nSPS) is 15.1. The van der Waals surface area contributed by atoms with E-state index in [0.717, 1.165) is 35.5 Å². The molecule has 12 heteroatoms. The maximum Gasteiger partial charge on any atom is 0.410 e. The Morgan fingerprint density at radius 1 is 1.00 bits per heavy atom. The van der Waals surface area contributed by atoms with Gasteiger partial charge in [0.1, 0.15) is 23.2 Å². The Morgan fingerprint density at radius 3 is 2.08 bits per heavy atom. The monoisotopic (exact) mass is 673 g/mol. The smallest absolute Gasteiger partial charge is 0.410 e. The number of nitrogens with one attached hydrogen (secondary N) is 1. The third-order valence-corrected chi connectivity index (χ3v) is 8.77. The highest BCUT2D eigenvalue weighted by molar-refractivity contribution is 5.68. The molecule has 0 aliphatic carbocycles. The summed E-state index contributed by atoms with van der Waals surface area (Å²) in [4.78, 5) is 26.5. The first kappa shape index (κ1) is 35.7. The minimum atomic E-state index is -0.837. The molecule has 12 nitrogen and oxygen atoms in total. The zero-order valence-electron chi connectivity index (χ0n) is 29.8. The molecule has 1 fully saturated rings. The SMILES string of the molecule is CCCC(C)Nc1nc(N(Cc2ccc(OC)cc2)Cc2ccc(OC)cc2)c2ncc(C(O)C3CCN(C(=O)OC(C)(C)C)CC3)n2n1. The molecule has 0 spiro atoms. The van der Waals surface area contributed by atoms with Gasteiger partial charge in [0.2, 0.25) is 5.95 Å². The van der Waals surface area contributed by atoms with E-state index in [0.29, 0.717) is 62.1 Å². The number of aliphatic hydroxyl groups is 1. The largest absolute Gasteiger partial charge is 0.497 e. The lowest BCUT2D eigenvalue weighted by molar-refractivity contribution is 0.00690. The second-order valence-electron chi connectivity index (χ2n) is 13.8. The predicted molar refractivity (Wildman–Crippen MR) is 190 cm³/mol. The van der Waals surface area contributed by atoms with Crippen LogP contribution in [0.3, 0.4) is 0 Å². The average Bonchev–Trinajstić information content (AvgIpc) is 3.51. The molecule has 2 atom stereocenters. The zero-order valence-corrected chi connectivity index (χ0v) is 29.8. The van der Waals surface area contributed by atoms with Gasteiger partial charge in [0.25, 0.3) is 0 Å². The van der Waals surface area contributed by atoms with Crippen LogP contribution in [0.4, 0.5) is 16.6 Å². The zero-order chi connectivity index (χ0) is 35.1. The van der Waals surface area contributed by atoms with Crippen LogP contribution in [-0.2, 0) is 17.8 Å². The van der Waals surface area contributed by atoms with E-state index in [1.807, 2.05) is 69.3 Å². The first-order valence-electron chi connectivity index (χ1n) is 17.2. The fraction of sp³-hybridized carbons (Fsp3) is 0.514. The number of carbonyl (C=O) groups excluding carboxylic acids is 1. The van der Waals surface area contributed by atoms with E-state index >= 15 is 0 Å². The quantitative estimate of drug-likeness (QED) is 0.160. The van der Waals surface area contributed by atoms with Crippen molar-refractivity contribution >= 4 is 23.5 Å². The summed E-state index contributed by atoms with van der Waals surface area (Å²) in [6.07, 6.45) is 3.77. The highest BCUT2D eigenvalue weighted by Gasteiger charge is 2.33. The number of methoxy groups -OCH3 is 2. The van der Waals surface area contributed by atoms with E-state index in [9.17, 15) is 9.90 Å². The van der Waals surface area contributed by atoms with Crippen molar-refractivity contribution in [3.63, 3.8) is 0 Å². The molecular weight excluding hydrogens is 622 g/mol. The van der Waals surface area contributed by atoms with Crippen molar-refractivity contribution in [2.24, 2.45) is 5.92 Å². The lowest BCUT2D eigenvalue weighted by atomic mass is 9.90. The molecule has 2 unspecified atom stereocenters. The van der Waals surface area contributed by atoms with Crippen LogP contribution in [0.15, 0.2) is 54.7 Å². The minimum absolute atomic E-state index is 0.0814. The van der Waals surface area contributed by atoms with Crippen molar-refractivity contribution in [2.75, 3.05) is 37.5 Å². The van der Waals surface area contributed by atoms with E-state index in [1.165, 1.54) is 0 Å². The Balaban J connectivity index is 1.50. The van der Waals surface area contributed by atoms with Gasteiger partial charge in [-0.25, -0.2) is 14.3 Å². The lowest BCUT2D eigenvalue weighted by Gasteiger charge is -2.35. The van der Waals surface area contributed by atoms with Gasteiger partial charge in [-0.2, -0.15) is 4.98 Å². The number of hydrogen-bond donors (Lipinski definition) is 2. The number of fused-ring (bicyclic) bond motifs is 1. The van der Waals surface area contributed by atoms with E-state index < -0.39 is 11.7 Å². The number of aliphatic hydroxyl groups excluding tert-OH is 1.